The Morgan fingerprint density at radius 1 is 1.07 bits per heavy atom. The summed E-state index contributed by atoms with van der Waals surface area (Å²) in [5.41, 5.74) is 2.93. The van der Waals surface area contributed by atoms with Gasteiger partial charge in [-0.25, -0.2) is 0 Å². The van der Waals surface area contributed by atoms with E-state index in [1.165, 1.54) is 21.9 Å². The second-order valence-electron chi connectivity index (χ2n) is 4.04. The normalized spacial score (nSPS) is 22.7. The Morgan fingerprint density at radius 2 is 1.79 bits per heavy atom. The third-order valence-electron chi connectivity index (χ3n) is 3.01. The van der Waals surface area contributed by atoms with Gasteiger partial charge in [-0.15, -0.1) is 5.41 Å². The van der Waals surface area contributed by atoms with E-state index in [1.54, 1.807) is 0 Å². The zero-order chi connectivity index (χ0) is 9.05. The molecule has 0 aliphatic heterocycles. The number of benzene rings is 2. The molecule has 0 fully saturated rings. The van der Waals surface area contributed by atoms with Crippen LogP contribution >= 0.6 is 0 Å². The number of hydrogen-bond donors (Lipinski definition) is 0. The van der Waals surface area contributed by atoms with Crippen molar-refractivity contribution in [2.45, 2.75) is 12.3 Å². The van der Waals surface area contributed by atoms with E-state index in [0.717, 1.165) is 0 Å². The van der Waals surface area contributed by atoms with Crippen LogP contribution in [0.2, 0.25) is 0 Å². The molecule has 3 rings (SSSR count). The zero-order valence-electron chi connectivity index (χ0n) is 8.25. The van der Waals surface area contributed by atoms with Crippen molar-refractivity contribution < 1.29 is 32.7 Å². The van der Waals surface area contributed by atoms with Gasteiger partial charge in [0.1, 0.15) is 0 Å². The fourth-order valence-corrected chi connectivity index (χ4v) is 2.19. The molecule has 0 heterocycles. The van der Waals surface area contributed by atoms with Crippen LogP contribution in [0.15, 0.2) is 36.4 Å². The van der Waals surface area contributed by atoms with E-state index in [4.69, 9.17) is 0 Å². The first-order chi connectivity index (χ1) is 6.21. The Balaban J connectivity index is 0.000000750. The maximum Gasteiger partial charge on any atom is 0 e. The molecule has 0 bridgehead atoms. The van der Waals surface area contributed by atoms with Crippen LogP contribution in [0.3, 0.4) is 0 Å². The van der Waals surface area contributed by atoms with Gasteiger partial charge in [-0.3, -0.25) is 0 Å². The molecule has 0 amide bonds. The van der Waals surface area contributed by atoms with E-state index in [-0.39, 0.29) is 38.1 Å². The summed E-state index contributed by atoms with van der Waals surface area (Å²) >= 11 is 0. The maximum absolute atomic E-state index is 4.20. The molecule has 1 unspecified atom stereocenters. The number of fused-ring (bicyclic) bond motifs is 3. The molecule has 0 spiro atoms. The van der Waals surface area contributed by atoms with Gasteiger partial charge in [0.25, 0.3) is 0 Å². The van der Waals surface area contributed by atoms with Crippen molar-refractivity contribution >= 4 is 10.8 Å². The van der Waals surface area contributed by atoms with Crippen molar-refractivity contribution in [3.63, 3.8) is 0 Å². The fraction of sp³-hybridized carbons (Fsp3) is 0.154. The van der Waals surface area contributed by atoms with E-state index in [1.807, 2.05) is 0 Å². The van der Waals surface area contributed by atoms with Gasteiger partial charge in [-0.05, 0) is 10.8 Å². The first kappa shape index (κ1) is 10.3. The van der Waals surface area contributed by atoms with Crippen LogP contribution in [0.25, 0.3) is 10.8 Å². The summed E-state index contributed by atoms with van der Waals surface area (Å²) < 4.78 is 0. The van der Waals surface area contributed by atoms with Crippen molar-refractivity contribution in [3.8, 4) is 0 Å². The SMILES string of the molecule is [CH2-]C1(C)c2ccc3ccccc3c21.[Y]. The van der Waals surface area contributed by atoms with Gasteiger partial charge in [0.2, 0.25) is 0 Å². The van der Waals surface area contributed by atoms with Gasteiger partial charge >= 0.3 is 0 Å². The van der Waals surface area contributed by atoms with Gasteiger partial charge in [0.15, 0.2) is 0 Å². The second kappa shape index (κ2) is 3.15. The Morgan fingerprint density at radius 3 is 2.57 bits per heavy atom. The summed E-state index contributed by atoms with van der Waals surface area (Å²) in [6.45, 7) is 6.38. The molecular formula is C13H11Y-. The van der Waals surface area contributed by atoms with E-state index < -0.39 is 0 Å². The maximum atomic E-state index is 4.20. The smallest absolute Gasteiger partial charge is 0 e. The predicted octanol–water partition coefficient (Wildman–Crippen LogP) is 3.29. The third kappa shape index (κ3) is 1.21. The minimum absolute atomic E-state index is 0. The second-order valence-corrected chi connectivity index (χ2v) is 4.04. The average Bonchev–Trinajstić information content (AvgIpc) is 2.70. The fourth-order valence-electron chi connectivity index (χ4n) is 2.19. The van der Waals surface area contributed by atoms with Gasteiger partial charge in [0.05, 0.1) is 0 Å². The van der Waals surface area contributed by atoms with Crippen molar-refractivity contribution in [1.82, 2.24) is 0 Å². The van der Waals surface area contributed by atoms with Gasteiger partial charge in [-0.2, -0.15) is 0 Å². The summed E-state index contributed by atoms with van der Waals surface area (Å²) in [6.07, 6.45) is 0. The predicted molar refractivity (Wildman–Crippen MR) is 55.8 cm³/mol. The molecule has 1 aliphatic rings. The number of hydrogen-bond acceptors (Lipinski definition) is 0. The standard InChI is InChI=1S/C13H11.Y/c1-13(2)11-8-7-9-5-3-4-6-10(9)12(11)13;/h3-8H,1H2,2H3;/q-1;. The molecule has 1 aliphatic carbocycles. The van der Waals surface area contributed by atoms with Crippen LogP contribution in [0.4, 0.5) is 0 Å². The summed E-state index contributed by atoms with van der Waals surface area (Å²) in [4.78, 5) is 0. The molecule has 0 saturated carbocycles. The first-order valence-electron chi connectivity index (χ1n) is 4.59. The molecule has 1 heteroatoms. The van der Waals surface area contributed by atoms with Crippen LogP contribution < -0.4 is 0 Å². The van der Waals surface area contributed by atoms with Crippen LogP contribution in [-0.4, -0.2) is 0 Å². The average molecular weight is 256 g/mol. The molecule has 2 aromatic carbocycles. The summed E-state index contributed by atoms with van der Waals surface area (Å²) in [7, 11) is 0. The number of rotatable bonds is 0. The summed E-state index contributed by atoms with van der Waals surface area (Å²) in [5.74, 6) is 0. The van der Waals surface area contributed by atoms with Crippen LogP contribution in [0.5, 0.6) is 0 Å². The van der Waals surface area contributed by atoms with E-state index >= 15 is 0 Å². The summed E-state index contributed by atoms with van der Waals surface area (Å²) in [5, 5.41) is 2.70. The Bertz CT molecular complexity index is 498. The van der Waals surface area contributed by atoms with Gasteiger partial charge in [0, 0.05) is 32.7 Å². The zero-order valence-corrected chi connectivity index (χ0v) is 11.1. The molecule has 2 aromatic rings. The molecule has 14 heavy (non-hydrogen) atoms. The van der Waals surface area contributed by atoms with Crippen molar-refractivity contribution in [1.29, 1.82) is 0 Å². The van der Waals surface area contributed by atoms with Crippen LogP contribution in [0, 0.1) is 6.92 Å². The van der Waals surface area contributed by atoms with Gasteiger partial charge < -0.3 is 6.92 Å². The van der Waals surface area contributed by atoms with E-state index in [2.05, 4.69) is 50.2 Å². The molecule has 0 saturated heterocycles. The Hall–Kier alpha value is -0.196. The van der Waals surface area contributed by atoms with Crippen molar-refractivity contribution in [3.05, 3.63) is 54.4 Å². The first-order valence-corrected chi connectivity index (χ1v) is 4.59. The van der Waals surface area contributed by atoms with E-state index in [0.29, 0.717) is 0 Å². The molecule has 1 atom stereocenters. The van der Waals surface area contributed by atoms with Crippen molar-refractivity contribution in [2.75, 3.05) is 0 Å². The van der Waals surface area contributed by atoms with E-state index in [9.17, 15) is 0 Å². The molecule has 0 aromatic heterocycles. The van der Waals surface area contributed by atoms with Gasteiger partial charge in [-0.1, -0.05) is 54.4 Å². The van der Waals surface area contributed by atoms with Crippen LogP contribution in [0.1, 0.15) is 18.1 Å². The quantitative estimate of drug-likeness (QED) is 0.634. The Labute approximate surface area is 110 Å². The summed E-state index contributed by atoms with van der Waals surface area (Å²) in [6, 6.07) is 12.9. The minimum Gasteiger partial charge on any atom is -0.329 e. The monoisotopic (exact) mass is 256 g/mol. The topological polar surface area (TPSA) is 0 Å². The molecule has 0 N–H and O–H groups in total. The molecule has 1 radical (unpaired) electrons. The Kier molecular flexibility index (Phi) is 2.32. The third-order valence-corrected chi connectivity index (χ3v) is 3.01. The molecule has 0 nitrogen and oxygen atoms in total. The molecule has 67 valence electrons. The molecular weight excluding hydrogens is 245 g/mol. The minimum atomic E-state index is 0. The van der Waals surface area contributed by atoms with Crippen LogP contribution in [-0.2, 0) is 38.1 Å². The van der Waals surface area contributed by atoms with Crippen molar-refractivity contribution in [2.24, 2.45) is 0 Å². The largest absolute Gasteiger partial charge is 0.329 e.